The standard InChI is InChI=1S/C13H21NOS/c1-12(2)9-11(15)10-13(3,4)14(12)16-7-5-6-8-16/h5-8,16H,9-10H2,1-4H3. The Bertz CT molecular complexity index is 336. The second kappa shape index (κ2) is 3.74. The molecule has 0 aromatic rings. The Balaban J connectivity index is 2.34. The number of carbonyl (C=O) groups excluding carboxylic acids is 1. The molecular weight excluding hydrogens is 218 g/mol. The minimum atomic E-state index is -0.338. The van der Waals surface area contributed by atoms with Gasteiger partial charge in [-0.1, -0.05) is 12.2 Å². The van der Waals surface area contributed by atoms with Crippen molar-refractivity contribution in [3.05, 3.63) is 23.0 Å². The molecule has 2 heterocycles. The van der Waals surface area contributed by atoms with E-state index in [0.717, 1.165) is 0 Å². The molecule has 0 bridgehead atoms. The Hall–Kier alpha value is -0.540. The van der Waals surface area contributed by atoms with Crippen LogP contribution in [0.1, 0.15) is 40.5 Å². The first-order valence-electron chi connectivity index (χ1n) is 5.78. The van der Waals surface area contributed by atoms with Crippen LogP contribution in [0.5, 0.6) is 0 Å². The lowest BCUT2D eigenvalue weighted by atomic mass is 9.82. The number of ketones is 1. The number of hydrogen-bond acceptors (Lipinski definition) is 2. The number of allylic oxidation sites excluding steroid dienone is 2. The van der Waals surface area contributed by atoms with Gasteiger partial charge in [-0.25, -0.2) is 0 Å². The molecule has 16 heavy (non-hydrogen) atoms. The van der Waals surface area contributed by atoms with Crippen LogP contribution in [0.4, 0.5) is 0 Å². The van der Waals surface area contributed by atoms with E-state index in [-0.39, 0.29) is 22.2 Å². The third-order valence-corrected chi connectivity index (χ3v) is 5.73. The van der Waals surface area contributed by atoms with Gasteiger partial charge in [0.15, 0.2) is 0 Å². The van der Waals surface area contributed by atoms with E-state index in [1.54, 1.807) is 0 Å². The monoisotopic (exact) mass is 239 g/mol. The Labute approximate surface area is 101 Å². The first-order chi connectivity index (χ1) is 7.33. The van der Waals surface area contributed by atoms with E-state index < -0.39 is 0 Å². The first-order valence-corrected chi connectivity index (χ1v) is 7.21. The van der Waals surface area contributed by atoms with Crippen molar-refractivity contribution in [1.29, 1.82) is 0 Å². The number of thiol groups is 1. The summed E-state index contributed by atoms with van der Waals surface area (Å²) in [5.41, 5.74) is -0.0485. The SMILES string of the molecule is CC1(C)CC(=O)CC(C)(C)N1[SH]1C=CC=C1. The summed E-state index contributed by atoms with van der Waals surface area (Å²) in [5, 5.41) is 4.54. The predicted molar refractivity (Wildman–Crippen MR) is 71.5 cm³/mol. The molecule has 2 rings (SSSR count). The van der Waals surface area contributed by atoms with Crippen molar-refractivity contribution in [3.8, 4) is 0 Å². The topological polar surface area (TPSA) is 20.3 Å². The summed E-state index contributed by atoms with van der Waals surface area (Å²) in [6, 6.07) is 0. The third kappa shape index (κ3) is 1.98. The second-order valence-electron chi connectivity index (χ2n) is 5.89. The minimum absolute atomic E-state index is 0.0242. The van der Waals surface area contributed by atoms with Gasteiger partial charge in [-0.15, -0.1) is 0 Å². The predicted octanol–water partition coefficient (Wildman–Crippen LogP) is 3.17. The molecule has 0 saturated carbocycles. The van der Waals surface area contributed by atoms with Gasteiger partial charge in [-0.3, -0.25) is 9.10 Å². The largest absolute Gasteiger partial charge is 0.300 e. The maximum Gasteiger partial charge on any atom is 0.136 e. The molecule has 0 spiro atoms. The maximum absolute atomic E-state index is 11.8. The van der Waals surface area contributed by atoms with Gasteiger partial charge in [0, 0.05) is 23.9 Å². The highest BCUT2D eigenvalue weighted by Gasteiger charge is 2.46. The first kappa shape index (κ1) is 11.9. The molecule has 2 aliphatic heterocycles. The fourth-order valence-electron chi connectivity index (χ4n) is 3.08. The summed E-state index contributed by atoms with van der Waals surface area (Å²) in [6.45, 7) is 8.75. The van der Waals surface area contributed by atoms with Crippen LogP contribution in [0, 0.1) is 0 Å². The highest BCUT2D eigenvalue weighted by Crippen LogP contribution is 2.51. The zero-order valence-electron chi connectivity index (χ0n) is 10.5. The van der Waals surface area contributed by atoms with Crippen molar-refractivity contribution in [2.45, 2.75) is 51.6 Å². The summed E-state index contributed by atoms with van der Waals surface area (Å²) in [5.74, 6) is 0.397. The molecule has 90 valence electrons. The van der Waals surface area contributed by atoms with E-state index in [1.807, 2.05) is 0 Å². The average Bonchev–Trinajstić information content (AvgIpc) is 2.50. The van der Waals surface area contributed by atoms with Crippen LogP contribution in [0.25, 0.3) is 0 Å². The van der Waals surface area contributed by atoms with E-state index in [2.05, 4.69) is 55.0 Å². The van der Waals surface area contributed by atoms with Gasteiger partial charge in [-0.05, 0) is 38.5 Å². The molecule has 3 heteroatoms. The quantitative estimate of drug-likeness (QED) is 0.709. The van der Waals surface area contributed by atoms with Gasteiger partial charge < -0.3 is 0 Å². The van der Waals surface area contributed by atoms with E-state index in [4.69, 9.17) is 0 Å². The van der Waals surface area contributed by atoms with E-state index in [9.17, 15) is 4.79 Å². The van der Waals surface area contributed by atoms with Crippen LogP contribution < -0.4 is 0 Å². The number of nitrogens with zero attached hydrogens (tertiary/aromatic N) is 1. The van der Waals surface area contributed by atoms with Crippen LogP contribution in [-0.2, 0) is 4.79 Å². The fourth-order valence-corrected chi connectivity index (χ4v) is 5.39. The number of rotatable bonds is 1. The molecule has 0 amide bonds. The molecule has 2 aliphatic rings. The van der Waals surface area contributed by atoms with E-state index in [1.165, 1.54) is 0 Å². The normalized spacial score (nSPS) is 30.0. The van der Waals surface area contributed by atoms with Crippen molar-refractivity contribution in [2.75, 3.05) is 0 Å². The van der Waals surface area contributed by atoms with Gasteiger partial charge in [0.05, 0.1) is 0 Å². The molecule has 0 radical (unpaired) electrons. The fraction of sp³-hybridized carbons (Fsp3) is 0.615. The second-order valence-corrected chi connectivity index (χ2v) is 7.65. The molecule has 2 nitrogen and oxygen atoms in total. The van der Waals surface area contributed by atoms with Crippen LogP contribution in [0.15, 0.2) is 23.0 Å². The molecule has 1 saturated heterocycles. The molecule has 0 unspecified atom stereocenters. The Morgan fingerprint density at radius 2 is 1.50 bits per heavy atom. The highest BCUT2D eigenvalue weighted by molar-refractivity contribution is 8.20. The highest BCUT2D eigenvalue weighted by atomic mass is 32.2. The Morgan fingerprint density at radius 3 is 1.94 bits per heavy atom. The summed E-state index contributed by atoms with van der Waals surface area (Å²) < 4.78 is 2.54. The van der Waals surface area contributed by atoms with Crippen LogP contribution in [0.3, 0.4) is 0 Å². The van der Waals surface area contributed by atoms with Crippen LogP contribution >= 0.6 is 11.1 Å². The molecular formula is C13H21NOS. The maximum atomic E-state index is 11.8. The van der Waals surface area contributed by atoms with Gasteiger partial charge in [-0.2, -0.15) is 11.1 Å². The van der Waals surface area contributed by atoms with Gasteiger partial charge >= 0.3 is 0 Å². The number of piperidine rings is 1. The number of Topliss-reactive ketones (excluding diaryl/α,β-unsaturated/α-hetero) is 1. The van der Waals surface area contributed by atoms with Gasteiger partial charge in [0.1, 0.15) is 5.78 Å². The molecule has 0 aliphatic carbocycles. The van der Waals surface area contributed by atoms with Crippen LogP contribution in [0.2, 0.25) is 0 Å². The molecule has 0 N–H and O–H groups in total. The smallest absolute Gasteiger partial charge is 0.136 e. The Morgan fingerprint density at radius 1 is 1.06 bits per heavy atom. The lowest BCUT2D eigenvalue weighted by molar-refractivity contribution is -0.127. The number of hydrogen-bond donors (Lipinski definition) is 1. The Kier molecular flexibility index (Phi) is 2.79. The summed E-state index contributed by atoms with van der Waals surface area (Å²) in [6.07, 6.45) is 5.59. The molecule has 0 atom stereocenters. The molecule has 1 fully saturated rings. The van der Waals surface area contributed by atoms with E-state index >= 15 is 0 Å². The van der Waals surface area contributed by atoms with Crippen molar-refractivity contribution in [1.82, 2.24) is 4.31 Å². The summed E-state index contributed by atoms with van der Waals surface area (Å²) in [7, 11) is 0. The number of carbonyl (C=O) groups is 1. The van der Waals surface area contributed by atoms with Crippen LogP contribution in [-0.4, -0.2) is 21.2 Å². The average molecular weight is 239 g/mol. The molecule has 0 aromatic carbocycles. The lowest BCUT2D eigenvalue weighted by Crippen LogP contribution is -2.58. The zero-order valence-corrected chi connectivity index (χ0v) is 11.4. The minimum Gasteiger partial charge on any atom is -0.300 e. The third-order valence-electron chi connectivity index (χ3n) is 3.23. The lowest BCUT2D eigenvalue weighted by Gasteiger charge is -2.55. The van der Waals surface area contributed by atoms with Gasteiger partial charge in [0.2, 0.25) is 0 Å². The van der Waals surface area contributed by atoms with Gasteiger partial charge in [0.25, 0.3) is 0 Å². The van der Waals surface area contributed by atoms with Crippen molar-refractivity contribution < 1.29 is 4.79 Å². The van der Waals surface area contributed by atoms with Crippen molar-refractivity contribution in [3.63, 3.8) is 0 Å². The van der Waals surface area contributed by atoms with E-state index in [0.29, 0.717) is 18.6 Å². The van der Waals surface area contributed by atoms with Crippen molar-refractivity contribution >= 4 is 16.9 Å². The van der Waals surface area contributed by atoms with Crippen molar-refractivity contribution in [2.24, 2.45) is 0 Å². The molecule has 0 aromatic heterocycles. The summed E-state index contributed by atoms with van der Waals surface area (Å²) in [4.78, 5) is 11.8. The zero-order chi connectivity index (χ0) is 12.0. The summed E-state index contributed by atoms with van der Waals surface area (Å²) >= 11 is -0.338.